The molecular weight excluding hydrogens is 272 g/mol. The van der Waals surface area contributed by atoms with E-state index in [1.54, 1.807) is 45.0 Å². The van der Waals surface area contributed by atoms with Crippen molar-refractivity contribution in [3.05, 3.63) is 35.5 Å². The van der Waals surface area contributed by atoms with Crippen molar-refractivity contribution in [1.29, 1.82) is 5.26 Å². The first-order chi connectivity index (χ1) is 9.76. The van der Waals surface area contributed by atoms with Gasteiger partial charge in [-0.1, -0.05) is 18.2 Å². The Kier molecular flexibility index (Phi) is 3.44. The molecule has 1 aromatic heterocycles. The molecule has 0 amide bonds. The van der Waals surface area contributed by atoms with Gasteiger partial charge in [0.05, 0.1) is 11.1 Å². The number of benzene rings is 1. The lowest BCUT2D eigenvalue weighted by atomic mass is 10.1. The normalized spacial score (nSPS) is 11.1. The second-order valence-corrected chi connectivity index (χ2v) is 5.47. The summed E-state index contributed by atoms with van der Waals surface area (Å²) in [4.78, 5) is 23.8. The first-order valence-electron chi connectivity index (χ1n) is 6.26. The number of carbonyl (C=O) groups excluding carboxylic acids is 1. The molecule has 108 valence electrons. The van der Waals surface area contributed by atoms with Gasteiger partial charge in [-0.15, -0.1) is 0 Å². The lowest BCUT2D eigenvalue weighted by Crippen LogP contribution is -2.29. The fourth-order valence-electron chi connectivity index (χ4n) is 2.05. The molecule has 1 aromatic carbocycles. The average molecular weight is 286 g/mol. The molecule has 0 fully saturated rings. The highest BCUT2D eigenvalue weighted by Gasteiger charge is 2.28. The van der Waals surface area contributed by atoms with Gasteiger partial charge in [-0.2, -0.15) is 5.26 Å². The third kappa shape index (κ3) is 2.58. The fraction of sp³-hybridized carbons (Fsp3) is 0.267. The van der Waals surface area contributed by atoms with Crippen LogP contribution in [0.15, 0.2) is 24.3 Å². The molecule has 0 saturated heterocycles. The minimum atomic E-state index is -1.35. The Morgan fingerprint density at radius 3 is 2.43 bits per heavy atom. The zero-order chi connectivity index (χ0) is 15.8. The summed E-state index contributed by atoms with van der Waals surface area (Å²) in [5, 5.41) is 19.0. The van der Waals surface area contributed by atoms with Gasteiger partial charge in [0.15, 0.2) is 5.69 Å². The maximum absolute atomic E-state index is 12.3. The fourth-order valence-corrected chi connectivity index (χ4v) is 2.05. The predicted octanol–water partition coefficient (Wildman–Crippen LogP) is 2.99. The Hall–Kier alpha value is -2.81. The first-order valence-corrected chi connectivity index (χ1v) is 6.26. The molecule has 0 saturated carbocycles. The summed E-state index contributed by atoms with van der Waals surface area (Å²) in [6.07, 6.45) is -0.822. The van der Waals surface area contributed by atoms with Gasteiger partial charge in [0.25, 0.3) is 0 Å². The van der Waals surface area contributed by atoms with Gasteiger partial charge in [-0.05, 0) is 26.8 Å². The van der Waals surface area contributed by atoms with Crippen LogP contribution in [0.5, 0.6) is 0 Å². The largest absolute Gasteiger partial charge is 0.477 e. The summed E-state index contributed by atoms with van der Waals surface area (Å²) in [6, 6.07) is 8.36. The number of nitrogens with zero attached hydrogens (tertiary/aromatic N) is 2. The molecule has 6 nitrogen and oxygen atoms in total. The maximum atomic E-state index is 12.3. The second kappa shape index (κ2) is 4.94. The topological polar surface area (TPSA) is 92.3 Å². The molecule has 0 aliphatic rings. The molecule has 21 heavy (non-hydrogen) atoms. The van der Waals surface area contributed by atoms with Crippen LogP contribution >= 0.6 is 0 Å². The first kappa shape index (κ1) is 14.6. The summed E-state index contributed by atoms with van der Waals surface area (Å²) in [6.45, 7) is 5.05. The van der Waals surface area contributed by atoms with Crippen molar-refractivity contribution in [3.8, 4) is 6.07 Å². The lowest BCUT2D eigenvalue weighted by molar-refractivity contribution is 0.0512. The minimum absolute atomic E-state index is 0.0519. The number of nitriles is 1. The summed E-state index contributed by atoms with van der Waals surface area (Å²) < 4.78 is 6.16. The van der Waals surface area contributed by atoms with Crippen LogP contribution in [0.1, 0.15) is 36.8 Å². The van der Waals surface area contributed by atoms with E-state index in [1.807, 2.05) is 6.07 Å². The van der Waals surface area contributed by atoms with Crippen LogP contribution in [0.2, 0.25) is 0 Å². The lowest BCUT2D eigenvalue weighted by Gasteiger charge is -2.20. The number of para-hydroxylation sites is 1. The van der Waals surface area contributed by atoms with Gasteiger partial charge in [0.2, 0.25) is 0 Å². The van der Waals surface area contributed by atoms with Crippen LogP contribution in [0.3, 0.4) is 0 Å². The van der Waals surface area contributed by atoms with E-state index in [4.69, 9.17) is 4.74 Å². The molecule has 2 rings (SSSR count). The number of hydrogen-bond donors (Lipinski definition) is 1. The second-order valence-electron chi connectivity index (χ2n) is 5.47. The van der Waals surface area contributed by atoms with Crippen molar-refractivity contribution >= 4 is 23.0 Å². The molecule has 0 spiro atoms. The van der Waals surface area contributed by atoms with Crippen LogP contribution in [0, 0.1) is 11.3 Å². The van der Waals surface area contributed by atoms with Gasteiger partial charge in [0, 0.05) is 5.39 Å². The Bertz CT molecular complexity index is 775. The number of aromatic carboxylic acids is 1. The Morgan fingerprint density at radius 2 is 1.90 bits per heavy atom. The number of hydrogen-bond acceptors (Lipinski definition) is 4. The van der Waals surface area contributed by atoms with Gasteiger partial charge in [0.1, 0.15) is 11.7 Å². The number of carbonyl (C=O) groups is 2. The van der Waals surface area contributed by atoms with Gasteiger partial charge in [-0.25, -0.2) is 14.2 Å². The number of ether oxygens (including phenoxy) is 1. The van der Waals surface area contributed by atoms with Gasteiger partial charge < -0.3 is 9.84 Å². The predicted molar refractivity (Wildman–Crippen MR) is 75.2 cm³/mol. The standard InChI is InChI=1S/C15H14N2O4/c1-15(2,3)21-14(20)17-11-7-5-4-6-9(11)10(8-16)12(17)13(18)19/h4-7H,1-3H3,(H,18,19). The molecular formula is C15H14N2O4. The number of carboxylic acids is 1. The van der Waals surface area contributed by atoms with Gasteiger partial charge >= 0.3 is 12.1 Å². The zero-order valence-electron chi connectivity index (χ0n) is 11.9. The quantitative estimate of drug-likeness (QED) is 0.869. The Balaban J connectivity index is 2.78. The minimum Gasteiger partial charge on any atom is -0.477 e. The third-order valence-corrected chi connectivity index (χ3v) is 2.77. The van der Waals surface area contributed by atoms with Crippen molar-refractivity contribution in [2.75, 3.05) is 0 Å². The van der Waals surface area contributed by atoms with Crippen molar-refractivity contribution in [3.63, 3.8) is 0 Å². The molecule has 0 radical (unpaired) electrons. The van der Waals surface area contributed by atoms with Crippen LogP contribution in [-0.4, -0.2) is 27.3 Å². The highest BCUT2D eigenvalue weighted by molar-refractivity contribution is 6.05. The van der Waals surface area contributed by atoms with Crippen molar-refractivity contribution < 1.29 is 19.4 Å². The smallest absolute Gasteiger partial charge is 0.419 e. The van der Waals surface area contributed by atoms with Crippen LogP contribution < -0.4 is 0 Å². The molecule has 1 heterocycles. The summed E-state index contributed by atoms with van der Waals surface area (Å²) >= 11 is 0. The summed E-state index contributed by atoms with van der Waals surface area (Å²) in [7, 11) is 0. The zero-order valence-corrected chi connectivity index (χ0v) is 11.9. The molecule has 0 aliphatic heterocycles. The van der Waals surface area contributed by atoms with E-state index in [0.29, 0.717) is 10.9 Å². The number of aromatic nitrogens is 1. The molecule has 0 unspecified atom stereocenters. The molecule has 2 aromatic rings. The number of fused-ring (bicyclic) bond motifs is 1. The van der Waals surface area contributed by atoms with Crippen molar-refractivity contribution in [1.82, 2.24) is 4.57 Å². The SMILES string of the molecule is CC(C)(C)OC(=O)n1c(C(=O)O)c(C#N)c2ccccc21. The molecule has 0 aliphatic carbocycles. The Morgan fingerprint density at radius 1 is 1.29 bits per heavy atom. The van der Waals surface area contributed by atoms with Crippen LogP contribution in [-0.2, 0) is 4.74 Å². The summed E-state index contributed by atoms with van der Waals surface area (Å²) in [5.74, 6) is -1.35. The number of carboxylic acid groups (broad SMARTS) is 1. The van der Waals surface area contributed by atoms with E-state index < -0.39 is 17.7 Å². The van der Waals surface area contributed by atoms with Crippen LogP contribution in [0.4, 0.5) is 4.79 Å². The Labute approximate surface area is 121 Å². The maximum Gasteiger partial charge on any atom is 0.419 e. The number of rotatable bonds is 1. The van der Waals surface area contributed by atoms with E-state index in [0.717, 1.165) is 4.57 Å². The monoisotopic (exact) mass is 286 g/mol. The van der Waals surface area contributed by atoms with E-state index >= 15 is 0 Å². The molecule has 1 N–H and O–H groups in total. The van der Waals surface area contributed by atoms with E-state index in [2.05, 4.69) is 0 Å². The summed E-state index contributed by atoms with van der Waals surface area (Å²) in [5.41, 5.74) is -0.872. The molecule has 0 bridgehead atoms. The van der Waals surface area contributed by atoms with Crippen molar-refractivity contribution in [2.24, 2.45) is 0 Å². The van der Waals surface area contributed by atoms with E-state index in [9.17, 15) is 20.0 Å². The average Bonchev–Trinajstić information content (AvgIpc) is 2.71. The van der Waals surface area contributed by atoms with E-state index in [1.165, 1.54) is 0 Å². The highest BCUT2D eigenvalue weighted by atomic mass is 16.6. The highest BCUT2D eigenvalue weighted by Crippen LogP contribution is 2.27. The van der Waals surface area contributed by atoms with Crippen LogP contribution in [0.25, 0.3) is 10.9 Å². The van der Waals surface area contributed by atoms with E-state index in [-0.39, 0.29) is 11.3 Å². The van der Waals surface area contributed by atoms with Gasteiger partial charge in [-0.3, -0.25) is 0 Å². The van der Waals surface area contributed by atoms with Crippen molar-refractivity contribution in [2.45, 2.75) is 26.4 Å². The third-order valence-electron chi connectivity index (χ3n) is 2.77. The molecule has 6 heteroatoms. The molecule has 0 atom stereocenters.